The molecule has 0 spiro atoms. The summed E-state index contributed by atoms with van der Waals surface area (Å²) in [6.07, 6.45) is 2.44. The number of likely N-dealkylation sites (tertiary alicyclic amines) is 1. The molecule has 1 unspecified atom stereocenters. The normalized spacial score (nSPS) is 18.5. The lowest BCUT2D eigenvalue weighted by molar-refractivity contribution is 0.260. The molecule has 5 nitrogen and oxygen atoms in total. The second kappa shape index (κ2) is 7.00. The lowest BCUT2D eigenvalue weighted by Crippen LogP contribution is -2.40. The van der Waals surface area contributed by atoms with Gasteiger partial charge in [-0.3, -0.25) is 4.90 Å². The van der Waals surface area contributed by atoms with E-state index in [4.69, 9.17) is 0 Å². The van der Waals surface area contributed by atoms with Crippen molar-refractivity contribution in [3.05, 3.63) is 17.0 Å². The monoisotopic (exact) mass is 317 g/mol. The first-order chi connectivity index (χ1) is 9.53. The lowest BCUT2D eigenvalue weighted by Gasteiger charge is -2.23. The van der Waals surface area contributed by atoms with Crippen LogP contribution in [0.1, 0.15) is 25.3 Å². The second-order valence-corrected chi connectivity index (χ2v) is 8.15. The van der Waals surface area contributed by atoms with Crippen molar-refractivity contribution < 1.29 is 8.42 Å². The number of rotatable bonds is 7. The minimum atomic E-state index is -3.37. The van der Waals surface area contributed by atoms with Crippen molar-refractivity contribution in [2.75, 3.05) is 26.7 Å². The Bertz CT molecular complexity index is 521. The molecule has 0 bridgehead atoms. The molecule has 0 aliphatic carbocycles. The molecule has 0 aromatic carbocycles. The highest BCUT2D eigenvalue weighted by atomic mass is 32.2. The van der Waals surface area contributed by atoms with Crippen LogP contribution in [0.25, 0.3) is 0 Å². The van der Waals surface area contributed by atoms with Gasteiger partial charge in [0, 0.05) is 19.1 Å². The van der Waals surface area contributed by atoms with Crippen LogP contribution in [0.5, 0.6) is 0 Å². The van der Waals surface area contributed by atoms with E-state index in [1.165, 1.54) is 24.2 Å². The van der Waals surface area contributed by atoms with E-state index < -0.39 is 10.0 Å². The molecule has 0 saturated carbocycles. The summed E-state index contributed by atoms with van der Waals surface area (Å²) in [5.74, 6) is 0. The number of sulfonamides is 1. The van der Waals surface area contributed by atoms with Crippen LogP contribution in [0.3, 0.4) is 0 Å². The third kappa shape index (κ3) is 4.02. The van der Waals surface area contributed by atoms with Gasteiger partial charge in [0.2, 0.25) is 10.0 Å². The maximum Gasteiger partial charge on any atom is 0.250 e. The van der Waals surface area contributed by atoms with Crippen molar-refractivity contribution in [3.63, 3.8) is 0 Å². The number of thiophene rings is 1. The number of nitrogens with one attached hydrogen (secondary N) is 2. The summed E-state index contributed by atoms with van der Waals surface area (Å²) in [5.41, 5.74) is 1.01. The Balaban J connectivity index is 1.92. The SMILES string of the molecule is CNCc1csc(S(=O)(=O)NCC(C)N2CCCC2)c1. The quantitative estimate of drug-likeness (QED) is 0.794. The Kier molecular flexibility index (Phi) is 5.57. The summed E-state index contributed by atoms with van der Waals surface area (Å²) in [7, 11) is -1.52. The van der Waals surface area contributed by atoms with E-state index in [1.54, 1.807) is 6.07 Å². The molecule has 1 aromatic rings. The molecule has 7 heteroatoms. The third-order valence-corrected chi connectivity index (χ3v) is 6.52. The maximum absolute atomic E-state index is 12.2. The molecule has 2 N–H and O–H groups in total. The van der Waals surface area contributed by atoms with E-state index in [2.05, 4.69) is 21.9 Å². The van der Waals surface area contributed by atoms with Gasteiger partial charge < -0.3 is 5.32 Å². The fraction of sp³-hybridized carbons (Fsp3) is 0.692. The summed E-state index contributed by atoms with van der Waals surface area (Å²) in [6, 6.07) is 1.99. The van der Waals surface area contributed by atoms with Crippen LogP contribution in [-0.4, -0.2) is 46.0 Å². The Hall–Kier alpha value is -0.470. The van der Waals surface area contributed by atoms with Crippen LogP contribution >= 0.6 is 11.3 Å². The molecule has 1 saturated heterocycles. The molecule has 0 amide bonds. The Morgan fingerprint density at radius 2 is 2.10 bits per heavy atom. The fourth-order valence-electron chi connectivity index (χ4n) is 2.40. The van der Waals surface area contributed by atoms with Crippen LogP contribution < -0.4 is 10.0 Å². The van der Waals surface area contributed by atoms with Gasteiger partial charge in [-0.2, -0.15) is 0 Å². The van der Waals surface area contributed by atoms with Crippen LogP contribution in [0.4, 0.5) is 0 Å². The molecule has 114 valence electrons. The second-order valence-electron chi connectivity index (χ2n) is 5.25. The predicted octanol–water partition coefficient (Wildman–Crippen LogP) is 1.23. The summed E-state index contributed by atoms with van der Waals surface area (Å²) in [5, 5.41) is 4.90. The van der Waals surface area contributed by atoms with Crippen molar-refractivity contribution in [2.24, 2.45) is 0 Å². The summed E-state index contributed by atoms with van der Waals surface area (Å²) in [6.45, 7) is 5.40. The molecule has 2 rings (SSSR count). The highest BCUT2D eigenvalue weighted by Gasteiger charge is 2.21. The van der Waals surface area contributed by atoms with Crippen molar-refractivity contribution >= 4 is 21.4 Å². The Morgan fingerprint density at radius 3 is 2.75 bits per heavy atom. The molecule has 1 aliphatic rings. The first-order valence-electron chi connectivity index (χ1n) is 6.98. The highest BCUT2D eigenvalue weighted by molar-refractivity contribution is 7.91. The molecule has 2 heterocycles. The zero-order valence-corrected chi connectivity index (χ0v) is 13.7. The van der Waals surface area contributed by atoms with Gasteiger partial charge in [0.15, 0.2) is 0 Å². The topological polar surface area (TPSA) is 61.4 Å². The number of nitrogens with zero attached hydrogens (tertiary/aromatic N) is 1. The molecule has 0 radical (unpaired) electrons. The maximum atomic E-state index is 12.2. The van der Waals surface area contributed by atoms with Crippen LogP contribution in [0.2, 0.25) is 0 Å². The fourth-order valence-corrected chi connectivity index (χ4v) is 4.78. The molecular weight excluding hydrogens is 294 g/mol. The van der Waals surface area contributed by atoms with E-state index in [0.29, 0.717) is 17.3 Å². The van der Waals surface area contributed by atoms with Crippen molar-refractivity contribution in [3.8, 4) is 0 Å². The molecule has 1 fully saturated rings. The lowest BCUT2D eigenvalue weighted by atomic mass is 10.3. The van der Waals surface area contributed by atoms with E-state index in [0.717, 1.165) is 18.7 Å². The highest BCUT2D eigenvalue weighted by Crippen LogP contribution is 2.20. The third-order valence-electron chi connectivity index (χ3n) is 3.61. The smallest absolute Gasteiger partial charge is 0.250 e. The van der Waals surface area contributed by atoms with E-state index in [-0.39, 0.29) is 6.04 Å². The Morgan fingerprint density at radius 1 is 1.40 bits per heavy atom. The number of hydrogen-bond acceptors (Lipinski definition) is 5. The van der Waals surface area contributed by atoms with Gasteiger partial charge in [-0.15, -0.1) is 11.3 Å². The molecule has 1 aliphatic heterocycles. The first kappa shape index (κ1) is 15.9. The van der Waals surface area contributed by atoms with Gasteiger partial charge in [0.05, 0.1) is 0 Å². The van der Waals surface area contributed by atoms with Crippen molar-refractivity contribution in [1.29, 1.82) is 0 Å². The zero-order valence-electron chi connectivity index (χ0n) is 12.1. The molecular formula is C13H23N3O2S2. The van der Waals surface area contributed by atoms with Crippen LogP contribution in [0, 0.1) is 0 Å². The summed E-state index contributed by atoms with van der Waals surface area (Å²) >= 11 is 1.28. The van der Waals surface area contributed by atoms with Gasteiger partial charge in [-0.05, 0) is 56.9 Å². The van der Waals surface area contributed by atoms with Gasteiger partial charge in [0.1, 0.15) is 4.21 Å². The minimum absolute atomic E-state index is 0.254. The van der Waals surface area contributed by atoms with Gasteiger partial charge in [0.25, 0.3) is 0 Å². The van der Waals surface area contributed by atoms with Gasteiger partial charge in [-0.25, -0.2) is 13.1 Å². The standard InChI is InChI=1S/C13H23N3O2S2/c1-11(16-5-3-4-6-16)8-15-20(17,18)13-7-12(9-14-2)10-19-13/h7,10-11,14-15H,3-6,8-9H2,1-2H3. The summed E-state index contributed by atoms with van der Waals surface area (Å²) < 4.78 is 27.6. The van der Waals surface area contributed by atoms with Crippen molar-refractivity contribution in [1.82, 2.24) is 14.9 Å². The average Bonchev–Trinajstić information content (AvgIpc) is 3.07. The molecule has 20 heavy (non-hydrogen) atoms. The summed E-state index contributed by atoms with van der Waals surface area (Å²) in [4.78, 5) is 2.34. The molecule has 1 atom stereocenters. The Labute approximate surface area is 125 Å². The van der Waals surface area contributed by atoms with Crippen molar-refractivity contribution in [2.45, 2.75) is 36.6 Å². The van der Waals surface area contributed by atoms with E-state index in [9.17, 15) is 8.42 Å². The first-order valence-corrected chi connectivity index (χ1v) is 9.35. The minimum Gasteiger partial charge on any atom is -0.316 e. The predicted molar refractivity (Wildman–Crippen MR) is 82.5 cm³/mol. The van der Waals surface area contributed by atoms with Gasteiger partial charge >= 0.3 is 0 Å². The van der Waals surface area contributed by atoms with Crippen LogP contribution in [0.15, 0.2) is 15.7 Å². The van der Waals surface area contributed by atoms with Crippen LogP contribution in [-0.2, 0) is 16.6 Å². The number of hydrogen-bond donors (Lipinski definition) is 2. The largest absolute Gasteiger partial charge is 0.316 e. The average molecular weight is 317 g/mol. The van der Waals surface area contributed by atoms with E-state index in [1.807, 2.05) is 12.4 Å². The molecule has 1 aromatic heterocycles. The van der Waals surface area contributed by atoms with E-state index >= 15 is 0 Å². The zero-order chi connectivity index (χ0) is 14.6. The van der Waals surface area contributed by atoms with Gasteiger partial charge in [-0.1, -0.05) is 0 Å².